The van der Waals surface area contributed by atoms with Crippen molar-refractivity contribution in [3.63, 3.8) is 0 Å². The van der Waals surface area contributed by atoms with Crippen LogP contribution >= 0.6 is 0 Å². The molecule has 19 heavy (non-hydrogen) atoms. The lowest BCUT2D eigenvalue weighted by molar-refractivity contribution is -0.230. The Morgan fingerprint density at radius 2 is 1.95 bits per heavy atom. The van der Waals surface area contributed by atoms with E-state index in [0.29, 0.717) is 6.04 Å². The van der Waals surface area contributed by atoms with Crippen LogP contribution in [0.3, 0.4) is 0 Å². The first-order valence-corrected chi connectivity index (χ1v) is 7.58. The average Bonchev–Trinajstić information content (AvgIpc) is 2.34. The zero-order valence-electron chi connectivity index (χ0n) is 12.3. The van der Waals surface area contributed by atoms with Gasteiger partial charge in [0.05, 0.1) is 6.10 Å². The van der Waals surface area contributed by atoms with Crippen LogP contribution in [0.15, 0.2) is 0 Å². The van der Waals surface area contributed by atoms with E-state index in [1.807, 2.05) is 11.9 Å². The Hall–Kier alpha value is -0.610. The maximum absolute atomic E-state index is 12.9. The fourth-order valence-electron chi connectivity index (χ4n) is 4.24. The standard InChI is InChI=1S/C15H26N2O2/c1-14(2)12-11(8-5-9-19-12)15(14,16)13(18)17(3)10-6-4-7-10/h10-12H,4-9,16H2,1-3H3. The van der Waals surface area contributed by atoms with Crippen molar-refractivity contribution in [1.29, 1.82) is 0 Å². The molecule has 108 valence electrons. The van der Waals surface area contributed by atoms with Crippen LogP contribution in [-0.2, 0) is 9.53 Å². The Labute approximate surface area is 115 Å². The third kappa shape index (κ3) is 1.56. The number of hydrogen-bond donors (Lipinski definition) is 1. The van der Waals surface area contributed by atoms with Crippen LogP contribution in [0.4, 0.5) is 0 Å². The molecule has 1 saturated heterocycles. The predicted octanol–water partition coefficient (Wildman–Crippen LogP) is 1.53. The smallest absolute Gasteiger partial charge is 0.243 e. The molecule has 3 aliphatic rings. The van der Waals surface area contributed by atoms with Crippen LogP contribution in [0.2, 0.25) is 0 Å². The first-order chi connectivity index (χ1) is 8.90. The summed E-state index contributed by atoms with van der Waals surface area (Å²) in [7, 11) is 1.92. The zero-order valence-corrected chi connectivity index (χ0v) is 12.3. The topological polar surface area (TPSA) is 55.6 Å². The van der Waals surface area contributed by atoms with Crippen molar-refractivity contribution in [1.82, 2.24) is 4.90 Å². The molecular weight excluding hydrogens is 240 g/mol. The summed E-state index contributed by atoms with van der Waals surface area (Å²) in [6, 6.07) is 0.410. The second kappa shape index (κ2) is 4.19. The Morgan fingerprint density at radius 3 is 2.53 bits per heavy atom. The Morgan fingerprint density at radius 1 is 1.26 bits per heavy atom. The second-order valence-corrected chi connectivity index (χ2v) is 7.13. The van der Waals surface area contributed by atoms with E-state index >= 15 is 0 Å². The SMILES string of the molecule is CN(C(=O)C1(N)C2CCCOC2C1(C)C)C1CCC1. The molecule has 0 radical (unpaired) electrons. The van der Waals surface area contributed by atoms with Gasteiger partial charge in [0.15, 0.2) is 0 Å². The number of rotatable bonds is 2. The van der Waals surface area contributed by atoms with Gasteiger partial charge in [-0.2, -0.15) is 0 Å². The molecule has 4 nitrogen and oxygen atoms in total. The molecule has 3 atom stereocenters. The lowest BCUT2D eigenvalue weighted by Crippen LogP contribution is -2.82. The van der Waals surface area contributed by atoms with Gasteiger partial charge in [0.1, 0.15) is 5.54 Å². The second-order valence-electron chi connectivity index (χ2n) is 7.13. The number of fused-ring (bicyclic) bond motifs is 1. The van der Waals surface area contributed by atoms with E-state index in [-0.39, 0.29) is 23.3 Å². The largest absolute Gasteiger partial charge is 0.377 e. The van der Waals surface area contributed by atoms with Gasteiger partial charge in [-0.05, 0) is 32.1 Å². The zero-order chi connectivity index (χ0) is 13.8. The van der Waals surface area contributed by atoms with Crippen LogP contribution in [0.5, 0.6) is 0 Å². The lowest BCUT2D eigenvalue weighted by Gasteiger charge is -2.66. The molecule has 0 aromatic rings. The molecule has 4 heteroatoms. The van der Waals surface area contributed by atoms with Gasteiger partial charge in [-0.1, -0.05) is 13.8 Å². The number of carbonyl (C=O) groups is 1. The highest BCUT2D eigenvalue weighted by Crippen LogP contribution is 2.58. The first-order valence-electron chi connectivity index (χ1n) is 7.58. The summed E-state index contributed by atoms with van der Waals surface area (Å²) in [5.41, 5.74) is 5.63. The molecule has 1 amide bonds. The van der Waals surface area contributed by atoms with Crippen LogP contribution < -0.4 is 5.73 Å². The molecule has 3 unspecified atom stereocenters. The van der Waals surface area contributed by atoms with Gasteiger partial charge in [0.25, 0.3) is 0 Å². The maximum Gasteiger partial charge on any atom is 0.243 e. The number of ether oxygens (including phenoxy) is 1. The average molecular weight is 266 g/mol. The number of nitrogens with two attached hydrogens (primary N) is 1. The minimum atomic E-state index is -0.734. The van der Waals surface area contributed by atoms with Gasteiger partial charge in [-0.25, -0.2) is 0 Å². The molecule has 0 bridgehead atoms. The number of hydrogen-bond acceptors (Lipinski definition) is 3. The van der Waals surface area contributed by atoms with Crippen molar-refractivity contribution < 1.29 is 9.53 Å². The Balaban J connectivity index is 1.82. The number of amides is 1. The summed E-state index contributed by atoms with van der Waals surface area (Å²) in [5, 5.41) is 0. The lowest BCUT2D eigenvalue weighted by atomic mass is 9.46. The molecule has 2 saturated carbocycles. The number of likely N-dealkylation sites (N-methyl/N-ethyl adjacent to an activating group) is 1. The Kier molecular flexibility index (Phi) is 2.95. The van der Waals surface area contributed by atoms with E-state index in [9.17, 15) is 4.79 Å². The van der Waals surface area contributed by atoms with E-state index in [0.717, 1.165) is 32.3 Å². The van der Waals surface area contributed by atoms with E-state index in [1.54, 1.807) is 0 Å². The van der Waals surface area contributed by atoms with Gasteiger partial charge in [0.2, 0.25) is 5.91 Å². The first kappa shape index (κ1) is 13.4. The molecule has 0 aromatic heterocycles. The van der Waals surface area contributed by atoms with Crippen LogP contribution in [-0.4, -0.2) is 42.1 Å². The van der Waals surface area contributed by atoms with Crippen molar-refractivity contribution in [2.24, 2.45) is 17.1 Å². The van der Waals surface area contributed by atoms with Crippen molar-refractivity contribution in [2.75, 3.05) is 13.7 Å². The molecule has 0 spiro atoms. The molecule has 3 rings (SSSR count). The maximum atomic E-state index is 12.9. The predicted molar refractivity (Wildman–Crippen MR) is 73.6 cm³/mol. The summed E-state index contributed by atoms with van der Waals surface area (Å²) in [4.78, 5) is 14.8. The quantitative estimate of drug-likeness (QED) is 0.824. The monoisotopic (exact) mass is 266 g/mol. The summed E-state index contributed by atoms with van der Waals surface area (Å²) in [6.07, 6.45) is 5.70. The van der Waals surface area contributed by atoms with E-state index in [2.05, 4.69) is 13.8 Å². The van der Waals surface area contributed by atoms with Crippen LogP contribution in [0, 0.1) is 11.3 Å². The molecule has 1 heterocycles. The highest BCUT2D eigenvalue weighted by Gasteiger charge is 2.70. The van der Waals surface area contributed by atoms with E-state index < -0.39 is 5.54 Å². The normalized spacial score (nSPS) is 40.8. The molecule has 1 aliphatic heterocycles. The third-order valence-corrected chi connectivity index (χ3v) is 5.98. The minimum absolute atomic E-state index is 0.133. The van der Waals surface area contributed by atoms with Gasteiger partial charge < -0.3 is 15.4 Å². The van der Waals surface area contributed by atoms with Gasteiger partial charge in [-0.3, -0.25) is 4.79 Å². The minimum Gasteiger partial charge on any atom is -0.377 e. The van der Waals surface area contributed by atoms with Crippen molar-refractivity contribution in [2.45, 2.75) is 63.6 Å². The highest BCUT2D eigenvalue weighted by molar-refractivity contribution is 5.89. The molecule has 0 aromatic carbocycles. The summed E-state index contributed by atoms with van der Waals surface area (Å²) >= 11 is 0. The van der Waals surface area contributed by atoms with Gasteiger partial charge >= 0.3 is 0 Å². The molecule has 2 N–H and O–H groups in total. The molecular formula is C15H26N2O2. The van der Waals surface area contributed by atoms with Crippen LogP contribution in [0.25, 0.3) is 0 Å². The van der Waals surface area contributed by atoms with E-state index in [4.69, 9.17) is 10.5 Å². The highest BCUT2D eigenvalue weighted by atomic mass is 16.5. The fourth-order valence-corrected chi connectivity index (χ4v) is 4.24. The molecule has 3 fully saturated rings. The van der Waals surface area contributed by atoms with Gasteiger partial charge in [-0.15, -0.1) is 0 Å². The number of nitrogens with zero attached hydrogens (tertiary/aromatic N) is 1. The molecule has 2 aliphatic carbocycles. The van der Waals surface area contributed by atoms with Gasteiger partial charge in [0, 0.05) is 31.0 Å². The fraction of sp³-hybridized carbons (Fsp3) is 0.933. The van der Waals surface area contributed by atoms with Crippen LogP contribution in [0.1, 0.15) is 46.0 Å². The summed E-state index contributed by atoms with van der Waals surface area (Å²) in [6.45, 7) is 4.99. The van der Waals surface area contributed by atoms with Crippen molar-refractivity contribution >= 4 is 5.91 Å². The van der Waals surface area contributed by atoms with E-state index in [1.165, 1.54) is 6.42 Å². The summed E-state index contributed by atoms with van der Waals surface area (Å²) in [5.74, 6) is 0.334. The number of carbonyl (C=O) groups excluding carboxylic acids is 1. The third-order valence-electron chi connectivity index (χ3n) is 5.98. The van der Waals surface area contributed by atoms with Crippen molar-refractivity contribution in [3.05, 3.63) is 0 Å². The summed E-state index contributed by atoms with van der Waals surface area (Å²) < 4.78 is 5.87. The Bertz CT molecular complexity index is 392. The van der Waals surface area contributed by atoms with Crippen molar-refractivity contribution in [3.8, 4) is 0 Å².